The maximum Gasteiger partial charge on any atom is 0.159 e. The second-order valence-electron chi connectivity index (χ2n) is 4.32. The second kappa shape index (κ2) is 4.36. The molecule has 1 heterocycles. The summed E-state index contributed by atoms with van der Waals surface area (Å²) < 4.78 is 5.30. The number of rotatable bonds is 2. The third-order valence-corrected chi connectivity index (χ3v) is 3.05. The average Bonchev–Trinajstić information content (AvgIpc) is 2.30. The van der Waals surface area contributed by atoms with E-state index in [4.69, 9.17) is 4.74 Å². The first-order chi connectivity index (χ1) is 7.62. The van der Waals surface area contributed by atoms with E-state index in [0.717, 1.165) is 12.0 Å². The van der Waals surface area contributed by atoms with Gasteiger partial charge in [-0.05, 0) is 25.3 Å². The fraction of sp³-hybridized carbons (Fsp3) is 0.462. The SMILES string of the molecule is CC(=O)c1ccc(C2(O)CCCOC2)cc1. The van der Waals surface area contributed by atoms with E-state index in [9.17, 15) is 9.90 Å². The zero-order valence-corrected chi connectivity index (χ0v) is 9.40. The molecule has 1 N–H and O–H groups in total. The number of aliphatic hydroxyl groups is 1. The van der Waals surface area contributed by atoms with Gasteiger partial charge in [-0.15, -0.1) is 0 Å². The van der Waals surface area contributed by atoms with E-state index in [1.807, 2.05) is 12.1 Å². The molecule has 1 aliphatic rings. The van der Waals surface area contributed by atoms with Crippen LogP contribution in [0.25, 0.3) is 0 Å². The maximum atomic E-state index is 11.1. The van der Waals surface area contributed by atoms with Crippen LogP contribution in [0, 0.1) is 0 Å². The monoisotopic (exact) mass is 220 g/mol. The molecule has 0 saturated carbocycles. The summed E-state index contributed by atoms with van der Waals surface area (Å²) >= 11 is 0. The van der Waals surface area contributed by atoms with E-state index in [-0.39, 0.29) is 5.78 Å². The zero-order valence-electron chi connectivity index (χ0n) is 9.40. The molecule has 1 unspecified atom stereocenters. The van der Waals surface area contributed by atoms with E-state index in [1.54, 1.807) is 12.1 Å². The largest absolute Gasteiger partial charge is 0.383 e. The van der Waals surface area contributed by atoms with Gasteiger partial charge in [0, 0.05) is 12.2 Å². The first-order valence-electron chi connectivity index (χ1n) is 5.53. The summed E-state index contributed by atoms with van der Waals surface area (Å²) in [5.41, 5.74) is 0.620. The van der Waals surface area contributed by atoms with Crippen molar-refractivity contribution in [3.05, 3.63) is 35.4 Å². The second-order valence-corrected chi connectivity index (χ2v) is 4.32. The lowest BCUT2D eigenvalue weighted by Crippen LogP contribution is -2.35. The van der Waals surface area contributed by atoms with Gasteiger partial charge in [0.1, 0.15) is 5.60 Å². The number of carbonyl (C=O) groups is 1. The summed E-state index contributed by atoms with van der Waals surface area (Å²) in [7, 11) is 0. The summed E-state index contributed by atoms with van der Waals surface area (Å²) in [4.78, 5) is 11.1. The molecule has 1 atom stereocenters. The molecule has 1 aromatic carbocycles. The number of benzene rings is 1. The summed E-state index contributed by atoms with van der Waals surface area (Å²) in [5.74, 6) is 0.0402. The van der Waals surface area contributed by atoms with Gasteiger partial charge in [0.2, 0.25) is 0 Å². The number of hydrogen-bond acceptors (Lipinski definition) is 3. The van der Waals surface area contributed by atoms with Crippen LogP contribution >= 0.6 is 0 Å². The molecule has 1 saturated heterocycles. The van der Waals surface area contributed by atoms with Gasteiger partial charge in [-0.2, -0.15) is 0 Å². The van der Waals surface area contributed by atoms with Crippen LogP contribution in [0.5, 0.6) is 0 Å². The Kier molecular flexibility index (Phi) is 3.08. The standard InChI is InChI=1S/C13H16O3/c1-10(14)11-3-5-12(6-4-11)13(15)7-2-8-16-9-13/h3-6,15H,2,7-9H2,1H3. The number of ketones is 1. The zero-order chi connectivity index (χ0) is 11.6. The Morgan fingerprint density at radius 3 is 2.56 bits per heavy atom. The van der Waals surface area contributed by atoms with Gasteiger partial charge in [-0.3, -0.25) is 4.79 Å². The number of carbonyl (C=O) groups excluding carboxylic acids is 1. The molecule has 16 heavy (non-hydrogen) atoms. The molecule has 0 aromatic heterocycles. The highest BCUT2D eigenvalue weighted by Gasteiger charge is 2.31. The first kappa shape index (κ1) is 11.3. The van der Waals surface area contributed by atoms with Crippen molar-refractivity contribution < 1.29 is 14.6 Å². The molecule has 86 valence electrons. The van der Waals surface area contributed by atoms with Crippen LogP contribution in [0.2, 0.25) is 0 Å². The fourth-order valence-electron chi connectivity index (χ4n) is 2.02. The lowest BCUT2D eigenvalue weighted by molar-refractivity contribution is -0.0902. The molecule has 0 spiro atoms. The molecule has 3 heteroatoms. The fourth-order valence-corrected chi connectivity index (χ4v) is 2.02. The normalized spacial score (nSPS) is 25.4. The lowest BCUT2D eigenvalue weighted by atomic mass is 9.88. The predicted octanol–water partition coefficient (Wildman–Crippen LogP) is 1.89. The van der Waals surface area contributed by atoms with E-state index in [0.29, 0.717) is 25.2 Å². The summed E-state index contributed by atoms with van der Waals surface area (Å²) in [6.45, 7) is 2.59. The first-order valence-corrected chi connectivity index (χ1v) is 5.53. The summed E-state index contributed by atoms with van der Waals surface area (Å²) in [6.07, 6.45) is 1.58. The minimum Gasteiger partial charge on any atom is -0.383 e. The molecule has 2 rings (SSSR count). The van der Waals surface area contributed by atoms with E-state index in [2.05, 4.69) is 0 Å². The molecule has 3 nitrogen and oxygen atoms in total. The highest BCUT2D eigenvalue weighted by Crippen LogP contribution is 2.30. The quantitative estimate of drug-likeness (QED) is 0.774. The van der Waals surface area contributed by atoms with Crippen LogP contribution < -0.4 is 0 Å². The highest BCUT2D eigenvalue weighted by atomic mass is 16.5. The predicted molar refractivity (Wildman–Crippen MR) is 60.4 cm³/mol. The van der Waals surface area contributed by atoms with Crippen LogP contribution in [-0.4, -0.2) is 24.1 Å². The molecular formula is C13H16O3. The van der Waals surface area contributed by atoms with Crippen molar-refractivity contribution in [2.45, 2.75) is 25.4 Å². The molecule has 1 aliphatic heterocycles. The van der Waals surface area contributed by atoms with Crippen molar-refractivity contribution in [1.29, 1.82) is 0 Å². The molecular weight excluding hydrogens is 204 g/mol. The lowest BCUT2D eigenvalue weighted by Gasteiger charge is -2.32. The van der Waals surface area contributed by atoms with Gasteiger partial charge in [-0.25, -0.2) is 0 Å². The van der Waals surface area contributed by atoms with Crippen molar-refractivity contribution in [3.63, 3.8) is 0 Å². The molecule has 1 fully saturated rings. The third-order valence-electron chi connectivity index (χ3n) is 3.05. The number of hydrogen-bond donors (Lipinski definition) is 1. The number of ether oxygens (including phenoxy) is 1. The van der Waals surface area contributed by atoms with Gasteiger partial charge in [0.25, 0.3) is 0 Å². The van der Waals surface area contributed by atoms with Crippen molar-refractivity contribution in [1.82, 2.24) is 0 Å². The van der Waals surface area contributed by atoms with Crippen LogP contribution in [0.1, 0.15) is 35.7 Å². The minimum absolute atomic E-state index is 0.0402. The van der Waals surface area contributed by atoms with Crippen LogP contribution in [0.3, 0.4) is 0 Å². The van der Waals surface area contributed by atoms with Crippen molar-refractivity contribution >= 4 is 5.78 Å². The Hall–Kier alpha value is -1.19. The van der Waals surface area contributed by atoms with Crippen LogP contribution in [0.4, 0.5) is 0 Å². The Bertz CT molecular complexity index is 375. The van der Waals surface area contributed by atoms with Crippen molar-refractivity contribution in [2.75, 3.05) is 13.2 Å². The summed E-state index contributed by atoms with van der Waals surface area (Å²) in [6, 6.07) is 7.13. The minimum atomic E-state index is -0.881. The smallest absolute Gasteiger partial charge is 0.159 e. The topological polar surface area (TPSA) is 46.5 Å². The summed E-state index contributed by atoms with van der Waals surface area (Å²) in [5, 5.41) is 10.4. The van der Waals surface area contributed by atoms with Crippen LogP contribution in [-0.2, 0) is 10.3 Å². The third kappa shape index (κ3) is 2.15. The van der Waals surface area contributed by atoms with Gasteiger partial charge < -0.3 is 9.84 Å². The Morgan fingerprint density at radius 2 is 2.06 bits per heavy atom. The van der Waals surface area contributed by atoms with E-state index >= 15 is 0 Å². The van der Waals surface area contributed by atoms with Gasteiger partial charge in [0.15, 0.2) is 5.78 Å². The maximum absolute atomic E-state index is 11.1. The Labute approximate surface area is 95.0 Å². The number of Topliss-reactive ketones (excluding diaryl/α,β-unsaturated/α-hetero) is 1. The van der Waals surface area contributed by atoms with Gasteiger partial charge >= 0.3 is 0 Å². The molecule has 0 amide bonds. The Balaban J connectivity index is 2.23. The molecule has 0 aliphatic carbocycles. The van der Waals surface area contributed by atoms with Crippen molar-refractivity contribution in [2.24, 2.45) is 0 Å². The molecule has 1 aromatic rings. The van der Waals surface area contributed by atoms with Gasteiger partial charge in [0.05, 0.1) is 6.61 Å². The van der Waals surface area contributed by atoms with Crippen LogP contribution in [0.15, 0.2) is 24.3 Å². The molecule has 0 bridgehead atoms. The highest BCUT2D eigenvalue weighted by molar-refractivity contribution is 5.94. The average molecular weight is 220 g/mol. The van der Waals surface area contributed by atoms with Gasteiger partial charge in [-0.1, -0.05) is 24.3 Å². The van der Waals surface area contributed by atoms with E-state index < -0.39 is 5.60 Å². The van der Waals surface area contributed by atoms with Crippen molar-refractivity contribution in [3.8, 4) is 0 Å². The Morgan fingerprint density at radius 1 is 1.38 bits per heavy atom. The van der Waals surface area contributed by atoms with E-state index in [1.165, 1.54) is 6.92 Å². The molecule has 0 radical (unpaired) electrons.